The first-order chi connectivity index (χ1) is 6.50. The van der Waals surface area contributed by atoms with Crippen molar-refractivity contribution in [2.75, 3.05) is 6.54 Å². The molecule has 1 aliphatic rings. The molecular formula is C6H6FN3O5. The van der Waals surface area contributed by atoms with Crippen LogP contribution in [0.5, 0.6) is 0 Å². The molecule has 0 aliphatic carbocycles. The minimum absolute atomic E-state index is 0. The second kappa shape index (κ2) is 4.40. The van der Waals surface area contributed by atoms with E-state index in [0.717, 1.165) is 6.08 Å². The minimum Gasteiger partial charge on any atom is -0.478 e. The van der Waals surface area contributed by atoms with E-state index in [2.05, 4.69) is 9.98 Å². The van der Waals surface area contributed by atoms with Crippen molar-refractivity contribution in [3.8, 4) is 0 Å². The lowest BCUT2D eigenvalue weighted by molar-refractivity contribution is -0.145. The van der Waals surface area contributed by atoms with E-state index in [1.54, 1.807) is 0 Å². The Morgan fingerprint density at radius 3 is 2.80 bits per heavy atom. The van der Waals surface area contributed by atoms with E-state index in [0.29, 0.717) is 0 Å². The molecule has 0 bridgehead atoms. The summed E-state index contributed by atoms with van der Waals surface area (Å²) in [5, 5.41) is 10.4. The zero-order chi connectivity index (χ0) is 10.8. The fraction of sp³-hybridized carbons (Fsp3) is 0.333. The summed E-state index contributed by atoms with van der Waals surface area (Å²) in [5.41, 5.74) is -2.97. The maximum absolute atomic E-state index is 13.5. The second-order valence-corrected chi connectivity index (χ2v) is 2.40. The number of aliphatic imine (C=N–C) groups is 2. The number of carbonyl (C=O) groups is 2. The molecule has 0 aromatic rings. The highest BCUT2D eigenvalue weighted by Crippen LogP contribution is 2.17. The Hall–Kier alpha value is -2.12. The number of halogens is 1. The molecule has 0 radical (unpaired) electrons. The van der Waals surface area contributed by atoms with Crippen LogP contribution in [0.3, 0.4) is 0 Å². The number of rotatable bonds is 1. The van der Waals surface area contributed by atoms with Crippen molar-refractivity contribution >= 4 is 23.9 Å². The highest BCUT2D eigenvalue weighted by atomic mass is 19.1. The topological polar surface area (TPSA) is 140 Å². The van der Waals surface area contributed by atoms with Crippen LogP contribution in [-0.2, 0) is 9.59 Å². The Morgan fingerprint density at radius 1 is 1.73 bits per heavy atom. The quantitative estimate of drug-likeness (QED) is 0.405. The zero-order valence-electron chi connectivity index (χ0n) is 7.15. The first-order valence-electron chi connectivity index (χ1n) is 3.38. The second-order valence-electron chi connectivity index (χ2n) is 2.40. The van der Waals surface area contributed by atoms with Crippen LogP contribution in [0.25, 0.3) is 0 Å². The number of carboxylic acids is 1. The highest BCUT2D eigenvalue weighted by Gasteiger charge is 2.48. The van der Waals surface area contributed by atoms with Gasteiger partial charge in [-0.1, -0.05) is 0 Å². The number of aliphatic carboxylic acids is 1. The van der Waals surface area contributed by atoms with Gasteiger partial charge in [0.25, 0.3) is 5.67 Å². The molecule has 1 unspecified atom stereocenters. The van der Waals surface area contributed by atoms with E-state index in [9.17, 15) is 18.8 Å². The summed E-state index contributed by atoms with van der Waals surface area (Å²) >= 11 is 0. The van der Waals surface area contributed by atoms with Crippen LogP contribution in [0.1, 0.15) is 0 Å². The van der Waals surface area contributed by atoms with Gasteiger partial charge in [0.1, 0.15) is 0 Å². The fourth-order valence-corrected chi connectivity index (χ4v) is 0.829. The molecule has 0 saturated carbocycles. The number of amides is 2. The summed E-state index contributed by atoms with van der Waals surface area (Å²) in [7, 11) is 0. The van der Waals surface area contributed by atoms with E-state index < -0.39 is 30.0 Å². The first kappa shape index (κ1) is 12.9. The van der Waals surface area contributed by atoms with Crippen LogP contribution in [0.15, 0.2) is 9.98 Å². The van der Waals surface area contributed by atoms with Crippen molar-refractivity contribution in [3.05, 3.63) is 0 Å². The van der Waals surface area contributed by atoms with Gasteiger partial charge in [-0.2, -0.15) is 4.99 Å². The minimum atomic E-state index is -2.97. The molecule has 1 atom stereocenters. The van der Waals surface area contributed by atoms with E-state index in [-0.39, 0.29) is 5.48 Å². The number of hydrogen-bond donors (Lipinski definition) is 2. The summed E-state index contributed by atoms with van der Waals surface area (Å²) in [6, 6.07) is -0.950. The number of hydrogen-bond acceptors (Lipinski definition) is 4. The van der Waals surface area contributed by atoms with E-state index in [1.165, 1.54) is 0 Å². The summed E-state index contributed by atoms with van der Waals surface area (Å²) in [6.45, 7) is -0.814. The smallest absolute Gasteiger partial charge is 0.351 e. The number of carbonyl (C=O) groups excluding carboxylic acids is 2. The Morgan fingerprint density at radius 2 is 2.33 bits per heavy atom. The monoisotopic (exact) mass is 219 g/mol. The van der Waals surface area contributed by atoms with Gasteiger partial charge in [-0.15, -0.1) is 4.99 Å². The number of nitrogens with zero attached hydrogens (tertiary/aromatic N) is 2. The lowest BCUT2D eigenvalue weighted by Gasteiger charge is -2.22. The molecule has 0 aromatic heterocycles. The zero-order valence-corrected chi connectivity index (χ0v) is 7.15. The van der Waals surface area contributed by atoms with Crippen LogP contribution in [-0.4, -0.2) is 46.7 Å². The molecule has 15 heavy (non-hydrogen) atoms. The maximum Gasteiger partial charge on any atom is 0.351 e. The first-order valence-corrected chi connectivity index (χ1v) is 3.38. The van der Waals surface area contributed by atoms with Crippen LogP contribution in [0.4, 0.5) is 9.18 Å². The molecule has 1 heterocycles. The third kappa shape index (κ3) is 2.22. The van der Waals surface area contributed by atoms with Gasteiger partial charge in [0, 0.05) is 0 Å². The molecular weight excluding hydrogens is 213 g/mol. The molecule has 82 valence electrons. The van der Waals surface area contributed by atoms with Gasteiger partial charge >= 0.3 is 12.0 Å². The predicted octanol–water partition coefficient (Wildman–Crippen LogP) is -1.59. The summed E-state index contributed by atoms with van der Waals surface area (Å²) in [5.74, 6) is -2.88. The summed E-state index contributed by atoms with van der Waals surface area (Å²) < 4.78 is 13.5. The van der Waals surface area contributed by atoms with Crippen LogP contribution >= 0.6 is 0 Å². The van der Waals surface area contributed by atoms with Gasteiger partial charge in [-0.25, -0.2) is 18.8 Å². The number of urea groups is 1. The number of amidine groups is 1. The predicted molar refractivity (Wildman–Crippen MR) is 44.0 cm³/mol. The van der Waals surface area contributed by atoms with Gasteiger partial charge < -0.3 is 15.9 Å². The average molecular weight is 219 g/mol. The van der Waals surface area contributed by atoms with Crippen molar-refractivity contribution in [2.24, 2.45) is 9.98 Å². The molecule has 4 N–H and O–H groups in total. The van der Waals surface area contributed by atoms with Crippen molar-refractivity contribution in [1.82, 2.24) is 5.32 Å². The van der Waals surface area contributed by atoms with E-state index >= 15 is 0 Å². The molecule has 8 nitrogen and oxygen atoms in total. The Balaban J connectivity index is 0.00000196. The number of alkyl halides is 1. The number of isocyanates is 1. The largest absolute Gasteiger partial charge is 0.478 e. The van der Waals surface area contributed by atoms with Gasteiger partial charge in [-0.05, 0) is 0 Å². The van der Waals surface area contributed by atoms with Gasteiger partial charge in [-0.3, -0.25) is 0 Å². The summed E-state index contributed by atoms with van der Waals surface area (Å²) in [6.07, 6.45) is 0.929. The Bertz CT molecular complexity index is 375. The van der Waals surface area contributed by atoms with Crippen molar-refractivity contribution in [3.63, 3.8) is 0 Å². The van der Waals surface area contributed by atoms with Crippen LogP contribution in [0.2, 0.25) is 0 Å². The lowest BCUT2D eigenvalue weighted by atomic mass is 10.0. The standard InChI is InChI=1S/C6H4FN3O4.H2O/c7-6(4(12)13)1-8-5(14)10-3(6)9-2-11;/h1H2,(H,8,14)(H,12,13);1H2. The van der Waals surface area contributed by atoms with Crippen LogP contribution in [0, 0.1) is 0 Å². The molecule has 1 aliphatic heterocycles. The molecule has 0 saturated heterocycles. The van der Waals surface area contributed by atoms with E-state index in [4.69, 9.17) is 5.11 Å². The average Bonchev–Trinajstić information content (AvgIpc) is 2.12. The SMILES string of the molecule is O.O=C=NC1=NC(=O)NCC1(F)C(=O)O. The molecule has 0 aromatic carbocycles. The van der Waals surface area contributed by atoms with Crippen molar-refractivity contribution in [2.45, 2.75) is 5.67 Å². The van der Waals surface area contributed by atoms with E-state index in [1.807, 2.05) is 5.32 Å². The maximum atomic E-state index is 13.5. The van der Waals surface area contributed by atoms with Gasteiger partial charge in [0.05, 0.1) is 6.54 Å². The van der Waals surface area contributed by atoms with Crippen LogP contribution < -0.4 is 5.32 Å². The molecule has 1 rings (SSSR count). The molecule has 2 amide bonds. The van der Waals surface area contributed by atoms with Gasteiger partial charge in [0.15, 0.2) is 5.84 Å². The van der Waals surface area contributed by atoms with Gasteiger partial charge in [0.2, 0.25) is 6.08 Å². The third-order valence-corrected chi connectivity index (χ3v) is 1.54. The number of nitrogens with one attached hydrogen (secondary N) is 1. The molecule has 0 spiro atoms. The molecule has 0 fully saturated rings. The Labute approximate surface area is 81.8 Å². The molecule has 9 heteroatoms. The Kier molecular flexibility index (Phi) is 3.78. The third-order valence-electron chi connectivity index (χ3n) is 1.54. The summed E-state index contributed by atoms with van der Waals surface area (Å²) in [4.78, 5) is 36.6. The highest BCUT2D eigenvalue weighted by molar-refractivity contribution is 6.15. The normalized spacial score (nSPS) is 24.1. The van der Waals surface area contributed by atoms with Crippen molar-refractivity contribution < 1.29 is 29.4 Å². The fourth-order valence-electron chi connectivity index (χ4n) is 0.829. The van der Waals surface area contributed by atoms with Crippen molar-refractivity contribution in [1.29, 1.82) is 0 Å². The number of carboxylic acid groups (broad SMARTS) is 1. The lowest BCUT2D eigenvalue weighted by Crippen LogP contribution is -2.54.